The van der Waals surface area contributed by atoms with Gasteiger partial charge in [-0.3, -0.25) is 0 Å². The first-order valence-electron chi connectivity index (χ1n) is 11.5. The van der Waals surface area contributed by atoms with Gasteiger partial charge in [0.1, 0.15) is 0 Å². The Morgan fingerprint density at radius 1 is 0.967 bits per heavy atom. The van der Waals surface area contributed by atoms with Crippen LogP contribution in [0.1, 0.15) is 105 Å². The van der Waals surface area contributed by atoms with E-state index in [1.54, 1.807) is 6.21 Å². The summed E-state index contributed by atoms with van der Waals surface area (Å²) in [6.07, 6.45) is 10.4. The number of unbranched alkanes of at least 4 members (excludes halogenated alkanes) is 3. The number of benzene rings is 2. The molecule has 0 bridgehead atoms. The smallest absolute Gasteiger partial charge is 0.313 e. The van der Waals surface area contributed by atoms with Gasteiger partial charge in [-0.05, 0) is 66.3 Å². The van der Waals surface area contributed by atoms with E-state index in [1.807, 2.05) is 24.3 Å². The Bertz CT molecular complexity index is 808. The maximum atomic E-state index is 12.7. The van der Waals surface area contributed by atoms with Gasteiger partial charge in [0, 0.05) is 0 Å². The fourth-order valence-corrected chi connectivity index (χ4v) is 3.49. The largest absolute Gasteiger partial charge is 0.365 e. The first-order chi connectivity index (χ1) is 14.6. The van der Waals surface area contributed by atoms with Crippen molar-refractivity contribution in [2.45, 2.75) is 85.0 Å². The lowest BCUT2D eigenvalue weighted by Crippen LogP contribution is -2.07. The minimum Gasteiger partial charge on any atom is -0.313 e. The molecule has 3 nitrogen and oxygen atoms in total. The summed E-state index contributed by atoms with van der Waals surface area (Å²) in [7, 11) is 0. The van der Waals surface area contributed by atoms with Crippen molar-refractivity contribution in [1.29, 1.82) is 0 Å². The molecule has 0 amide bonds. The fourth-order valence-electron chi connectivity index (χ4n) is 3.49. The molecule has 30 heavy (non-hydrogen) atoms. The zero-order valence-electron chi connectivity index (χ0n) is 19.1. The Hall–Kier alpha value is -2.42. The van der Waals surface area contributed by atoms with E-state index in [2.05, 4.69) is 51.0 Å². The van der Waals surface area contributed by atoms with E-state index in [0.29, 0.717) is 11.5 Å². The highest BCUT2D eigenvalue weighted by molar-refractivity contribution is 5.91. The van der Waals surface area contributed by atoms with E-state index >= 15 is 0 Å². The molecule has 2 rings (SSSR count). The number of rotatable bonds is 12. The van der Waals surface area contributed by atoms with Gasteiger partial charge in [0.2, 0.25) is 0 Å². The van der Waals surface area contributed by atoms with Crippen LogP contribution in [-0.4, -0.2) is 12.2 Å². The Morgan fingerprint density at radius 2 is 1.70 bits per heavy atom. The van der Waals surface area contributed by atoms with Crippen LogP contribution in [0.5, 0.6) is 0 Å². The molecule has 0 heterocycles. The summed E-state index contributed by atoms with van der Waals surface area (Å²) in [5.41, 5.74) is 5.25. The molecule has 0 saturated heterocycles. The lowest BCUT2D eigenvalue weighted by Gasteiger charge is -2.10. The number of hydrogen-bond acceptors (Lipinski definition) is 3. The van der Waals surface area contributed by atoms with Gasteiger partial charge in [-0.2, -0.15) is 0 Å². The van der Waals surface area contributed by atoms with E-state index in [9.17, 15) is 4.79 Å². The first kappa shape index (κ1) is 23.9. The minimum atomic E-state index is -0.379. The second-order valence-corrected chi connectivity index (χ2v) is 8.14. The molecule has 0 aromatic heterocycles. The van der Waals surface area contributed by atoms with E-state index < -0.39 is 0 Å². The first-order valence-corrected chi connectivity index (χ1v) is 11.5. The molecule has 1 unspecified atom stereocenters. The number of carbonyl (C=O) groups is 1. The highest BCUT2D eigenvalue weighted by Gasteiger charge is 2.14. The van der Waals surface area contributed by atoms with Crippen LogP contribution in [0.3, 0.4) is 0 Å². The molecule has 3 heteroatoms. The Labute approximate surface area is 182 Å². The number of hydrogen-bond donors (Lipinski definition) is 0. The summed E-state index contributed by atoms with van der Waals surface area (Å²) in [4.78, 5) is 17.9. The third kappa shape index (κ3) is 7.44. The Balaban J connectivity index is 2.05. The molecule has 162 valence electrons. The van der Waals surface area contributed by atoms with Crippen LogP contribution in [-0.2, 0) is 17.7 Å². The van der Waals surface area contributed by atoms with Crippen LogP contribution < -0.4 is 0 Å². The second-order valence-electron chi connectivity index (χ2n) is 8.14. The van der Waals surface area contributed by atoms with Crippen molar-refractivity contribution >= 4 is 12.2 Å². The number of oxime groups is 1. The van der Waals surface area contributed by atoms with Crippen LogP contribution in [0.4, 0.5) is 0 Å². The van der Waals surface area contributed by atoms with E-state index in [4.69, 9.17) is 4.84 Å². The summed E-state index contributed by atoms with van der Waals surface area (Å²) < 4.78 is 0. The average molecular weight is 408 g/mol. The lowest BCUT2D eigenvalue weighted by atomic mass is 9.97. The highest BCUT2D eigenvalue weighted by Crippen LogP contribution is 2.20. The van der Waals surface area contributed by atoms with Gasteiger partial charge < -0.3 is 4.84 Å². The van der Waals surface area contributed by atoms with Gasteiger partial charge in [0.15, 0.2) is 0 Å². The van der Waals surface area contributed by atoms with Crippen molar-refractivity contribution in [3.8, 4) is 0 Å². The molecule has 0 aliphatic heterocycles. The van der Waals surface area contributed by atoms with Crippen LogP contribution in [0.15, 0.2) is 47.6 Å². The lowest BCUT2D eigenvalue weighted by molar-refractivity contribution is 0.0518. The molecule has 2 aromatic rings. The average Bonchev–Trinajstić information content (AvgIpc) is 2.77. The molecule has 1 atom stereocenters. The third-order valence-electron chi connectivity index (χ3n) is 5.71. The van der Waals surface area contributed by atoms with E-state index in [-0.39, 0.29) is 5.97 Å². The maximum absolute atomic E-state index is 12.7. The van der Waals surface area contributed by atoms with Crippen molar-refractivity contribution in [3.63, 3.8) is 0 Å². The van der Waals surface area contributed by atoms with Gasteiger partial charge in [-0.1, -0.05) is 88.5 Å². The SMILES string of the molecule is CCCCCc1cc(CCCC)ccc1C(=O)ON=Cc1ccc(C(C)CC)cc1. The third-order valence-corrected chi connectivity index (χ3v) is 5.71. The number of aryl methyl sites for hydroxylation is 2. The normalized spacial score (nSPS) is 12.3. The van der Waals surface area contributed by atoms with Gasteiger partial charge >= 0.3 is 5.97 Å². The minimum absolute atomic E-state index is 0.379. The molecular weight excluding hydrogens is 370 g/mol. The van der Waals surface area contributed by atoms with Crippen LogP contribution in [0.25, 0.3) is 0 Å². The molecule has 0 aliphatic rings. The Kier molecular flexibility index (Phi) is 10.3. The fraction of sp³-hybridized carbons (Fsp3) is 0.481. The van der Waals surface area contributed by atoms with Gasteiger partial charge in [-0.15, -0.1) is 0 Å². The molecule has 2 aromatic carbocycles. The highest BCUT2D eigenvalue weighted by atomic mass is 16.7. The van der Waals surface area contributed by atoms with Crippen molar-refractivity contribution in [2.24, 2.45) is 5.16 Å². The summed E-state index contributed by atoms with van der Waals surface area (Å²) >= 11 is 0. The van der Waals surface area contributed by atoms with Gasteiger partial charge in [0.05, 0.1) is 11.8 Å². The molecule has 0 N–H and O–H groups in total. The summed E-state index contributed by atoms with van der Waals surface area (Å²) in [5.74, 6) is 0.163. The van der Waals surface area contributed by atoms with E-state index in [1.165, 1.54) is 24.0 Å². The zero-order valence-corrected chi connectivity index (χ0v) is 19.1. The molecule has 0 aliphatic carbocycles. The van der Waals surface area contributed by atoms with Crippen LogP contribution in [0.2, 0.25) is 0 Å². The van der Waals surface area contributed by atoms with Crippen LogP contribution >= 0.6 is 0 Å². The van der Waals surface area contributed by atoms with Crippen LogP contribution in [0, 0.1) is 0 Å². The van der Waals surface area contributed by atoms with Crippen molar-refractivity contribution in [3.05, 3.63) is 70.3 Å². The molecule has 0 spiro atoms. The summed E-state index contributed by atoms with van der Waals surface area (Å²) in [6, 6.07) is 14.4. The Morgan fingerprint density at radius 3 is 2.37 bits per heavy atom. The molecular formula is C27H37NO2. The van der Waals surface area contributed by atoms with E-state index in [0.717, 1.165) is 49.7 Å². The number of carbonyl (C=O) groups excluding carboxylic acids is 1. The van der Waals surface area contributed by atoms with Crippen molar-refractivity contribution < 1.29 is 9.63 Å². The predicted octanol–water partition coefficient (Wildman–Crippen LogP) is 7.47. The van der Waals surface area contributed by atoms with Crippen molar-refractivity contribution in [1.82, 2.24) is 0 Å². The quantitative estimate of drug-likeness (QED) is 0.158. The molecule has 0 radical (unpaired) electrons. The van der Waals surface area contributed by atoms with Gasteiger partial charge in [-0.25, -0.2) is 4.79 Å². The van der Waals surface area contributed by atoms with Crippen molar-refractivity contribution in [2.75, 3.05) is 0 Å². The summed E-state index contributed by atoms with van der Waals surface area (Å²) in [5, 5.41) is 3.95. The number of nitrogens with zero attached hydrogens (tertiary/aromatic N) is 1. The topological polar surface area (TPSA) is 38.7 Å². The zero-order chi connectivity index (χ0) is 21.8. The molecule has 0 fully saturated rings. The maximum Gasteiger partial charge on any atom is 0.365 e. The standard InChI is InChI=1S/C27H37NO2/c1-5-8-10-12-25-19-22(11-9-6-2)15-18-26(25)27(29)30-28-20-23-13-16-24(17-14-23)21(4)7-3/h13-21H,5-12H2,1-4H3. The van der Waals surface area contributed by atoms with Gasteiger partial charge in [0.25, 0.3) is 0 Å². The molecule has 0 saturated carbocycles. The monoisotopic (exact) mass is 407 g/mol. The summed E-state index contributed by atoms with van der Waals surface area (Å²) in [6.45, 7) is 8.80. The second kappa shape index (κ2) is 13.0. The predicted molar refractivity (Wildman–Crippen MR) is 126 cm³/mol.